The van der Waals surface area contributed by atoms with Crippen molar-refractivity contribution in [2.75, 3.05) is 0 Å². The highest BCUT2D eigenvalue weighted by molar-refractivity contribution is 5.69. The maximum absolute atomic E-state index is 12.5. The Hall–Kier alpha value is -1.58. The number of hydrogen-bond acceptors (Lipinski definition) is 3. The molecule has 0 aliphatic carbocycles. The first-order chi connectivity index (χ1) is 19.1. The van der Waals surface area contributed by atoms with Crippen LogP contribution in [0.1, 0.15) is 181 Å². The van der Waals surface area contributed by atoms with Gasteiger partial charge in [-0.15, -0.1) is 0 Å². The van der Waals surface area contributed by atoms with E-state index in [1.807, 2.05) is 0 Å². The summed E-state index contributed by atoms with van der Waals surface area (Å²) in [4.78, 5) is 23.0. The van der Waals surface area contributed by atoms with Crippen LogP contribution in [0.5, 0.6) is 0 Å². The monoisotopic (exact) mass is 548 g/mol. The molecule has 4 nitrogen and oxygen atoms in total. The van der Waals surface area contributed by atoms with Gasteiger partial charge in [0.15, 0.2) is 0 Å². The van der Waals surface area contributed by atoms with Crippen LogP contribution >= 0.6 is 0 Å². The molecule has 0 aromatic rings. The maximum Gasteiger partial charge on any atom is 0.306 e. The molecule has 0 saturated heterocycles. The van der Waals surface area contributed by atoms with E-state index in [4.69, 9.17) is 9.84 Å². The third kappa shape index (κ3) is 30.8. The molecule has 0 amide bonds. The molecule has 0 radical (unpaired) electrons. The minimum Gasteiger partial charge on any atom is -0.481 e. The number of ether oxygens (including phenoxy) is 1. The molecule has 0 saturated carbocycles. The molecule has 1 unspecified atom stereocenters. The van der Waals surface area contributed by atoms with Crippen LogP contribution in [0, 0.1) is 0 Å². The Balaban J connectivity index is 3.87. The van der Waals surface area contributed by atoms with Gasteiger partial charge in [0.05, 0.1) is 0 Å². The zero-order chi connectivity index (χ0) is 28.7. The topological polar surface area (TPSA) is 63.6 Å². The summed E-state index contributed by atoms with van der Waals surface area (Å²) in [5.41, 5.74) is 0. The molecular weight excluding hydrogens is 484 g/mol. The van der Waals surface area contributed by atoms with Crippen molar-refractivity contribution in [1.29, 1.82) is 0 Å². The van der Waals surface area contributed by atoms with Gasteiger partial charge in [-0.3, -0.25) is 9.59 Å². The number of carbonyl (C=O) groups is 2. The number of rotatable bonds is 30. The number of carboxylic acid groups (broad SMARTS) is 1. The van der Waals surface area contributed by atoms with Gasteiger partial charge in [-0.1, -0.05) is 122 Å². The van der Waals surface area contributed by atoms with E-state index >= 15 is 0 Å². The van der Waals surface area contributed by atoms with Crippen molar-refractivity contribution in [2.24, 2.45) is 0 Å². The van der Waals surface area contributed by atoms with Crippen molar-refractivity contribution < 1.29 is 19.4 Å². The fraction of sp³-hybridized carbons (Fsp3) is 0.829. The fourth-order valence-electron chi connectivity index (χ4n) is 4.92. The van der Waals surface area contributed by atoms with Crippen molar-refractivity contribution >= 4 is 11.9 Å². The van der Waals surface area contributed by atoms with Gasteiger partial charge in [-0.2, -0.15) is 0 Å². The number of aliphatic carboxylic acids is 1. The van der Waals surface area contributed by atoms with Gasteiger partial charge in [-0.05, 0) is 70.6 Å². The zero-order valence-corrected chi connectivity index (χ0v) is 25.9. The summed E-state index contributed by atoms with van der Waals surface area (Å²) >= 11 is 0. The number of unbranched alkanes of at least 4 members (excludes halogenated alkanes) is 17. The van der Waals surface area contributed by atoms with E-state index in [2.05, 4.69) is 38.2 Å². The average Bonchev–Trinajstić information content (AvgIpc) is 2.91. The van der Waals surface area contributed by atoms with E-state index in [0.29, 0.717) is 12.8 Å². The number of carbonyl (C=O) groups excluding carboxylic acids is 1. The molecule has 0 aliphatic heterocycles. The van der Waals surface area contributed by atoms with Crippen molar-refractivity contribution in [2.45, 2.75) is 187 Å². The second-order valence-corrected chi connectivity index (χ2v) is 11.3. The van der Waals surface area contributed by atoms with Crippen LogP contribution in [-0.4, -0.2) is 23.1 Å². The molecule has 0 bridgehead atoms. The average molecular weight is 549 g/mol. The van der Waals surface area contributed by atoms with Gasteiger partial charge < -0.3 is 9.84 Å². The molecule has 0 heterocycles. The largest absolute Gasteiger partial charge is 0.481 e. The summed E-state index contributed by atoms with van der Waals surface area (Å²) in [6, 6.07) is 0. The Labute approximate surface area is 242 Å². The second kappa shape index (κ2) is 31.0. The highest BCUT2D eigenvalue weighted by atomic mass is 16.5. The molecule has 228 valence electrons. The van der Waals surface area contributed by atoms with Gasteiger partial charge in [0.2, 0.25) is 0 Å². The van der Waals surface area contributed by atoms with Gasteiger partial charge in [-0.25, -0.2) is 0 Å². The summed E-state index contributed by atoms with van der Waals surface area (Å²) in [5.74, 6) is -0.690. The molecule has 1 N–H and O–H groups in total. The van der Waals surface area contributed by atoms with Crippen molar-refractivity contribution in [3.8, 4) is 0 Å². The fourth-order valence-corrected chi connectivity index (χ4v) is 4.92. The predicted octanol–water partition coefficient (Wildman–Crippen LogP) is 11.3. The first-order valence-electron chi connectivity index (χ1n) is 16.8. The lowest BCUT2D eigenvalue weighted by atomic mass is 10.0. The first kappa shape index (κ1) is 37.4. The van der Waals surface area contributed by atoms with Crippen LogP contribution in [0.25, 0.3) is 0 Å². The standard InChI is InChI=1S/C35H64O4/c1-3-5-7-9-10-11-12-13-14-15-16-17-21-24-28-32-35(38)39-33(29-25-8-6-4-2)30-26-22-19-18-20-23-27-31-34(36)37/h10-11,13-14,33H,3-9,12,15-32H2,1-2H3,(H,36,37)/b11-10-,14-13-. The number of allylic oxidation sites excluding steroid dienone is 4. The third-order valence-corrected chi connectivity index (χ3v) is 7.43. The molecule has 1 atom stereocenters. The highest BCUT2D eigenvalue weighted by Crippen LogP contribution is 2.18. The third-order valence-electron chi connectivity index (χ3n) is 7.43. The van der Waals surface area contributed by atoms with E-state index in [0.717, 1.165) is 70.6 Å². The molecule has 0 rings (SSSR count). The van der Waals surface area contributed by atoms with Gasteiger partial charge in [0.25, 0.3) is 0 Å². The SMILES string of the molecule is CCCCC/C=C\C/C=C\CCCCCCCC(=O)OC(CCCCCC)CCCCCCCCCC(=O)O. The predicted molar refractivity (Wildman–Crippen MR) is 167 cm³/mol. The molecular formula is C35H64O4. The van der Waals surface area contributed by atoms with E-state index in [-0.39, 0.29) is 12.1 Å². The van der Waals surface area contributed by atoms with Crippen molar-refractivity contribution in [3.63, 3.8) is 0 Å². The van der Waals surface area contributed by atoms with Crippen LogP contribution in [0.2, 0.25) is 0 Å². The Bertz CT molecular complexity index is 595. The quantitative estimate of drug-likeness (QED) is 0.0550. The first-order valence-corrected chi connectivity index (χ1v) is 16.8. The van der Waals surface area contributed by atoms with Gasteiger partial charge >= 0.3 is 11.9 Å². The Morgan fingerprint density at radius 2 is 1.00 bits per heavy atom. The normalized spacial score (nSPS) is 12.5. The van der Waals surface area contributed by atoms with E-state index < -0.39 is 5.97 Å². The Kier molecular flexibility index (Phi) is 29.7. The van der Waals surface area contributed by atoms with Crippen LogP contribution in [0.3, 0.4) is 0 Å². The summed E-state index contributed by atoms with van der Waals surface area (Å²) in [7, 11) is 0. The molecule has 4 heteroatoms. The summed E-state index contributed by atoms with van der Waals surface area (Å²) in [5, 5.41) is 8.70. The number of carboxylic acids is 1. The molecule has 0 spiro atoms. The molecule has 0 aromatic carbocycles. The van der Waals surface area contributed by atoms with E-state index in [9.17, 15) is 9.59 Å². The van der Waals surface area contributed by atoms with Crippen LogP contribution < -0.4 is 0 Å². The Morgan fingerprint density at radius 3 is 1.56 bits per heavy atom. The maximum atomic E-state index is 12.5. The molecule has 39 heavy (non-hydrogen) atoms. The van der Waals surface area contributed by atoms with Crippen molar-refractivity contribution in [1.82, 2.24) is 0 Å². The minimum atomic E-state index is -0.690. The Morgan fingerprint density at radius 1 is 0.564 bits per heavy atom. The summed E-state index contributed by atoms with van der Waals surface area (Å²) in [6.07, 6.45) is 37.7. The van der Waals surface area contributed by atoms with E-state index in [1.54, 1.807) is 0 Å². The lowest BCUT2D eigenvalue weighted by Crippen LogP contribution is -2.18. The lowest BCUT2D eigenvalue weighted by molar-refractivity contribution is -0.150. The van der Waals surface area contributed by atoms with E-state index in [1.165, 1.54) is 83.5 Å². The number of esters is 1. The van der Waals surface area contributed by atoms with Crippen LogP contribution in [-0.2, 0) is 14.3 Å². The minimum absolute atomic E-state index is 0.000366. The van der Waals surface area contributed by atoms with Crippen molar-refractivity contribution in [3.05, 3.63) is 24.3 Å². The van der Waals surface area contributed by atoms with Crippen LogP contribution in [0.15, 0.2) is 24.3 Å². The zero-order valence-electron chi connectivity index (χ0n) is 25.9. The lowest BCUT2D eigenvalue weighted by Gasteiger charge is -2.18. The highest BCUT2D eigenvalue weighted by Gasteiger charge is 2.14. The molecule has 0 aromatic heterocycles. The van der Waals surface area contributed by atoms with Crippen LogP contribution in [0.4, 0.5) is 0 Å². The smallest absolute Gasteiger partial charge is 0.306 e. The van der Waals surface area contributed by atoms with Gasteiger partial charge in [0.1, 0.15) is 6.10 Å². The number of hydrogen-bond donors (Lipinski definition) is 1. The summed E-state index contributed by atoms with van der Waals surface area (Å²) in [6.45, 7) is 4.47. The summed E-state index contributed by atoms with van der Waals surface area (Å²) < 4.78 is 5.92. The van der Waals surface area contributed by atoms with Gasteiger partial charge in [0, 0.05) is 12.8 Å². The molecule has 0 aliphatic rings. The second-order valence-electron chi connectivity index (χ2n) is 11.3. The molecule has 0 fully saturated rings.